The second-order valence-electron chi connectivity index (χ2n) is 3.63. The monoisotopic (exact) mass is 246 g/mol. The first kappa shape index (κ1) is 12.2. The lowest BCUT2D eigenvalue weighted by molar-refractivity contribution is -0.275. The van der Waals surface area contributed by atoms with Crippen LogP contribution < -0.4 is 0 Å². The van der Waals surface area contributed by atoms with E-state index in [1.165, 1.54) is 4.90 Å². The van der Waals surface area contributed by atoms with Crippen LogP contribution in [-0.4, -0.2) is 11.0 Å². The van der Waals surface area contributed by atoms with Crippen molar-refractivity contribution in [2.75, 3.05) is 5.75 Å². The van der Waals surface area contributed by atoms with E-state index in [4.69, 9.17) is 5.26 Å². The third kappa shape index (κ3) is 3.60. The molecule has 0 heterocycles. The Balaban J connectivity index is 1.97. The molecule has 1 atom stereocenters. The van der Waals surface area contributed by atoms with Crippen molar-refractivity contribution in [1.29, 1.82) is 0 Å². The van der Waals surface area contributed by atoms with Crippen LogP contribution in [0, 0.1) is 0 Å². The van der Waals surface area contributed by atoms with Crippen molar-refractivity contribution >= 4 is 11.8 Å². The zero-order chi connectivity index (χ0) is 11.9. The molecule has 2 aromatic carbocycles. The van der Waals surface area contributed by atoms with Crippen LogP contribution in [0.5, 0.6) is 0 Å². The molecule has 0 aliphatic heterocycles. The van der Waals surface area contributed by atoms with Gasteiger partial charge in [-0.05, 0) is 17.7 Å². The predicted octanol–water partition coefficient (Wildman–Crippen LogP) is 4.01. The van der Waals surface area contributed by atoms with Crippen LogP contribution in [0.2, 0.25) is 0 Å². The fraction of sp³-hybridized carbons (Fsp3) is 0.143. The summed E-state index contributed by atoms with van der Waals surface area (Å²) in [5, 5.41) is 8.94. The molecule has 1 N–H and O–H groups in total. The number of hydrogen-bond acceptors (Lipinski definition) is 3. The zero-order valence-electron chi connectivity index (χ0n) is 9.32. The van der Waals surface area contributed by atoms with Crippen molar-refractivity contribution in [3.05, 3.63) is 66.2 Å². The van der Waals surface area contributed by atoms with Crippen molar-refractivity contribution < 1.29 is 10.1 Å². The molecule has 2 rings (SSSR count). The molecule has 3 heteroatoms. The molecule has 88 valence electrons. The van der Waals surface area contributed by atoms with Gasteiger partial charge in [-0.25, -0.2) is 4.89 Å². The first-order valence-electron chi connectivity index (χ1n) is 5.43. The highest BCUT2D eigenvalue weighted by Gasteiger charge is 2.11. The average Bonchev–Trinajstić information content (AvgIpc) is 2.42. The SMILES string of the molecule is OOC(CSc1ccccc1)c1ccccc1. The van der Waals surface area contributed by atoms with E-state index < -0.39 is 0 Å². The van der Waals surface area contributed by atoms with E-state index >= 15 is 0 Å². The number of benzene rings is 2. The maximum atomic E-state index is 8.94. The maximum Gasteiger partial charge on any atom is 0.127 e. The third-order valence-electron chi connectivity index (χ3n) is 2.44. The number of hydrogen-bond donors (Lipinski definition) is 1. The smallest absolute Gasteiger partial charge is 0.127 e. The van der Waals surface area contributed by atoms with Crippen molar-refractivity contribution in [2.45, 2.75) is 11.0 Å². The van der Waals surface area contributed by atoms with Gasteiger partial charge >= 0.3 is 0 Å². The summed E-state index contributed by atoms with van der Waals surface area (Å²) >= 11 is 1.66. The van der Waals surface area contributed by atoms with Gasteiger partial charge in [0.2, 0.25) is 0 Å². The number of thioether (sulfide) groups is 1. The van der Waals surface area contributed by atoms with Gasteiger partial charge in [0.05, 0.1) is 0 Å². The Kier molecular flexibility index (Phi) is 4.62. The molecule has 0 radical (unpaired) electrons. The van der Waals surface area contributed by atoms with E-state index in [0.29, 0.717) is 5.75 Å². The van der Waals surface area contributed by atoms with Gasteiger partial charge in [-0.1, -0.05) is 48.5 Å². The summed E-state index contributed by atoms with van der Waals surface area (Å²) < 4.78 is 0. The van der Waals surface area contributed by atoms with Gasteiger partial charge in [0, 0.05) is 10.6 Å². The first-order valence-corrected chi connectivity index (χ1v) is 6.41. The molecule has 2 aromatic rings. The highest BCUT2D eigenvalue weighted by molar-refractivity contribution is 7.99. The Morgan fingerprint density at radius 1 is 0.941 bits per heavy atom. The summed E-state index contributed by atoms with van der Waals surface area (Å²) in [5.74, 6) is 0.685. The molecule has 0 amide bonds. The van der Waals surface area contributed by atoms with Crippen molar-refractivity contribution in [3.63, 3.8) is 0 Å². The summed E-state index contributed by atoms with van der Waals surface area (Å²) in [6.07, 6.45) is -0.290. The first-order chi connectivity index (χ1) is 8.40. The van der Waals surface area contributed by atoms with Crippen LogP contribution in [0.1, 0.15) is 11.7 Å². The second-order valence-corrected chi connectivity index (χ2v) is 4.72. The standard InChI is InChI=1S/C14H14O2S/c15-16-14(12-7-3-1-4-8-12)11-17-13-9-5-2-6-10-13/h1-10,14-15H,11H2. The summed E-state index contributed by atoms with van der Waals surface area (Å²) in [4.78, 5) is 5.71. The van der Waals surface area contributed by atoms with Crippen LogP contribution >= 0.6 is 11.8 Å². The lowest BCUT2D eigenvalue weighted by Gasteiger charge is -2.13. The summed E-state index contributed by atoms with van der Waals surface area (Å²) in [7, 11) is 0. The largest absolute Gasteiger partial charge is 0.251 e. The van der Waals surface area contributed by atoms with Crippen LogP contribution in [-0.2, 0) is 4.89 Å². The Bertz CT molecular complexity index is 430. The highest BCUT2D eigenvalue weighted by Crippen LogP contribution is 2.26. The lowest BCUT2D eigenvalue weighted by Crippen LogP contribution is -2.04. The van der Waals surface area contributed by atoms with E-state index in [-0.39, 0.29) is 6.10 Å². The van der Waals surface area contributed by atoms with Gasteiger partial charge in [0.15, 0.2) is 0 Å². The topological polar surface area (TPSA) is 29.5 Å². The van der Waals surface area contributed by atoms with Crippen molar-refractivity contribution in [3.8, 4) is 0 Å². The van der Waals surface area contributed by atoms with Gasteiger partial charge in [0.1, 0.15) is 6.10 Å². The van der Waals surface area contributed by atoms with E-state index in [1.54, 1.807) is 11.8 Å². The van der Waals surface area contributed by atoms with Gasteiger partial charge in [-0.2, -0.15) is 0 Å². The molecule has 2 nitrogen and oxygen atoms in total. The molecule has 0 spiro atoms. The summed E-state index contributed by atoms with van der Waals surface area (Å²) in [6, 6.07) is 19.8. The molecule has 0 saturated carbocycles. The quantitative estimate of drug-likeness (QED) is 0.491. The summed E-state index contributed by atoms with van der Waals surface area (Å²) in [6.45, 7) is 0. The van der Waals surface area contributed by atoms with E-state index in [9.17, 15) is 0 Å². The zero-order valence-corrected chi connectivity index (χ0v) is 10.1. The molecule has 0 aromatic heterocycles. The minimum atomic E-state index is -0.290. The predicted molar refractivity (Wildman–Crippen MR) is 70.1 cm³/mol. The Hall–Kier alpha value is -1.29. The molecular formula is C14H14O2S. The highest BCUT2D eigenvalue weighted by atomic mass is 32.2. The fourth-order valence-electron chi connectivity index (χ4n) is 1.54. The minimum absolute atomic E-state index is 0.290. The van der Waals surface area contributed by atoms with Gasteiger partial charge in [-0.3, -0.25) is 5.26 Å². The van der Waals surface area contributed by atoms with Crippen LogP contribution in [0.3, 0.4) is 0 Å². The van der Waals surface area contributed by atoms with Crippen molar-refractivity contribution in [1.82, 2.24) is 0 Å². The fourth-order valence-corrected chi connectivity index (χ4v) is 2.49. The van der Waals surface area contributed by atoms with E-state index in [0.717, 1.165) is 5.56 Å². The third-order valence-corrected chi connectivity index (χ3v) is 3.52. The van der Waals surface area contributed by atoms with Crippen LogP contribution in [0.4, 0.5) is 0 Å². The molecule has 1 unspecified atom stereocenters. The van der Waals surface area contributed by atoms with Gasteiger partial charge < -0.3 is 0 Å². The molecule has 0 aliphatic rings. The molecule has 17 heavy (non-hydrogen) atoms. The van der Waals surface area contributed by atoms with E-state index in [1.807, 2.05) is 60.7 Å². The molecule has 0 fully saturated rings. The molecule has 0 saturated heterocycles. The van der Waals surface area contributed by atoms with Crippen LogP contribution in [0.15, 0.2) is 65.6 Å². The van der Waals surface area contributed by atoms with Gasteiger partial charge in [-0.15, -0.1) is 11.8 Å². The normalized spacial score (nSPS) is 12.3. The Labute approximate surface area is 105 Å². The summed E-state index contributed by atoms with van der Waals surface area (Å²) in [5.41, 5.74) is 0.985. The van der Waals surface area contributed by atoms with E-state index in [2.05, 4.69) is 4.89 Å². The van der Waals surface area contributed by atoms with Crippen molar-refractivity contribution in [2.24, 2.45) is 0 Å². The molecular weight excluding hydrogens is 232 g/mol. The molecule has 0 bridgehead atoms. The maximum absolute atomic E-state index is 8.94. The number of rotatable bonds is 5. The Morgan fingerprint density at radius 3 is 2.12 bits per heavy atom. The minimum Gasteiger partial charge on any atom is -0.251 e. The van der Waals surface area contributed by atoms with Crippen LogP contribution in [0.25, 0.3) is 0 Å². The Morgan fingerprint density at radius 2 is 1.53 bits per heavy atom. The van der Waals surface area contributed by atoms with Gasteiger partial charge in [0.25, 0.3) is 0 Å². The molecule has 0 aliphatic carbocycles. The lowest BCUT2D eigenvalue weighted by atomic mass is 10.1. The average molecular weight is 246 g/mol. The second kappa shape index (κ2) is 6.45.